The largest absolute Gasteiger partial charge is 0.480 e. The van der Waals surface area contributed by atoms with Gasteiger partial charge >= 0.3 is 12.1 Å². The van der Waals surface area contributed by atoms with Gasteiger partial charge < -0.3 is 19.6 Å². The van der Waals surface area contributed by atoms with Crippen LogP contribution in [0.4, 0.5) is 9.18 Å². The van der Waals surface area contributed by atoms with Crippen molar-refractivity contribution in [2.45, 2.75) is 19.1 Å². The third-order valence-electron chi connectivity index (χ3n) is 5.05. The van der Waals surface area contributed by atoms with Gasteiger partial charge in [0.15, 0.2) is 6.61 Å². The molecule has 0 aliphatic heterocycles. The number of fused-ring (bicyclic) bond motifs is 1. The summed E-state index contributed by atoms with van der Waals surface area (Å²) in [6.45, 7) is -0.193. The van der Waals surface area contributed by atoms with Crippen LogP contribution in [-0.2, 0) is 22.6 Å². The highest BCUT2D eigenvalue weighted by atomic mass is 35.5. The number of halogens is 3. The molecule has 1 amide bonds. The Balaban J connectivity index is 1.40. The molecule has 0 fully saturated rings. The van der Waals surface area contributed by atoms with Gasteiger partial charge in [0.25, 0.3) is 0 Å². The number of carboxylic acids is 1. The van der Waals surface area contributed by atoms with E-state index in [1.165, 1.54) is 24.3 Å². The van der Waals surface area contributed by atoms with Crippen LogP contribution in [0, 0.1) is 5.82 Å². The summed E-state index contributed by atoms with van der Waals surface area (Å²) in [5.74, 6) is -1.28. The Morgan fingerprint density at radius 1 is 0.971 bits per heavy atom. The topological polar surface area (TPSA) is 88.8 Å². The Morgan fingerprint density at radius 2 is 1.68 bits per heavy atom. The van der Waals surface area contributed by atoms with Gasteiger partial charge in [0.05, 0.1) is 0 Å². The fraction of sp³-hybridized carbons (Fsp3) is 0.120. The number of rotatable bonds is 7. The van der Waals surface area contributed by atoms with E-state index < -0.39 is 23.9 Å². The molecule has 0 bridgehead atoms. The lowest BCUT2D eigenvalue weighted by Crippen LogP contribution is -2.42. The summed E-state index contributed by atoms with van der Waals surface area (Å²) in [7, 11) is 0. The lowest BCUT2D eigenvalue weighted by molar-refractivity contribution is -0.139. The van der Waals surface area contributed by atoms with Crippen molar-refractivity contribution in [1.29, 1.82) is 0 Å². The van der Waals surface area contributed by atoms with E-state index in [2.05, 4.69) is 5.32 Å². The van der Waals surface area contributed by atoms with Gasteiger partial charge in [-0.2, -0.15) is 0 Å². The quantitative estimate of drug-likeness (QED) is 0.303. The van der Waals surface area contributed by atoms with Gasteiger partial charge in [-0.05, 0) is 65.2 Å². The first kappa shape index (κ1) is 23.6. The van der Waals surface area contributed by atoms with E-state index >= 15 is 0 Å². The first-order chi connectivity index (χ1) is 16.3. The maximum Gasteiger partial charge on any atom is 0.408 e. The van der Waals surface area contributed by atoms with Gasteiger partial charge in [-0.1, -0.05) is 41.4 Å². The van der Waals surface area contributed by atoms with Crippen molar-refractivity contribution in [1.82, 2.24) is 5.32 Å². The summed E-state index contributed by atoms with van der Waals surface area (Å²) in [5.41, 5.74) is 2.88. The second-order valence-corrected chi connectivity index (χ2v) is 8.44. The summed E-state index contributed by atoms with van der Waals surface area (Å²) in [4.78, 5) is 23.7. The van der Waals surface area contributed by atoms with Gasteiger partial charge in [0.2, 0.25) is 0 Å². The van der Waals surface area contributed by atoms with Crippen LogP contribution >= 0.6 is 23.2 Å². The van der Waals surface area contributed by atoms with E-state index in [1.807, 2.05) is 12.1 Å². The molecule has 1 atom stereocenters. The fourth-order valence-corrected chi connectivity index (χ4v) is 3.97. The first-order valence-electron chi connectivity index (χ1n) is 10.2. The molecule has 1 aromatic heterocycles. The summed E-state index contributed by atoms with van der Waals surface area (Å²) in [6.07, 6.45) is -0.935. The van der Waals surface area contributed by atoms with Crippen LogP contribution in [0.1, 0.15) is 11.3 Å². The number of carboxylic acid groups (broad SMARTS) is 1. The number of nitrogens with one attached hydrogen (secondary N) is 1. The van der Waals surface area contributed by atoms with E-state index in [9.17, 15) is 19.1 Å². The highest BCUT2D eigenvalue weighted by Crippen LogP contribution is 2.30. The summed E-state index contributed by atoms with van der Waals surface area (Å²) < 4.78 is 23.9. The maximum absolute atomic E-state index is 13.0. The van der Waals surface area contributed by atoms with Crippen LogP contribution in [-0.4, -0.2) is 23.2 Å². The molecular weight excluding hydrogens is 484 g/mol. The third-order valence-corrected chi connectivity index (χ3v) is 5.49. The molecule has 4 rings (SSSR count). The Hall–Kier alpha value is -3.55. The van der Waals surface area contributed by atoms with Crippen molar-refractivity contribution >= 4 is 46.2 Å². The van der Waals surface area contributed by atoms with Crippen molar-refractivity contribution in [2.24, 2.45) is 0 Å². The Bertz CT molecular complexity index is 1330. The van der Waals surface area contributed by atoms with Crippen LogP contribution in [0.25, 0.3) is 22.1 Å². The molecule has 0 radical (unpaired) electrons. The van der Waals surface area contributed by atoms with Gasteiger partial charge in [-0.15, -0.1) is 0 Å². The number of hydrogen-bond acceptors (Lipinski definition) is 4. The van der Waals surface area contributed by atoms with Gasteiger partial charge in [0.1, 0.15) is 23.2 Å². The van der Waals surface area contributed by atoms with Crippen LogP contribution in [0.3, 0.4) is 0 Å². The van der Waals surface area contributed by atoms with Gasteiger partial charge in [-0.25, -0.2) is 14.0 Å². The smallest absolute Gasteiger partial charge is 0.408 e. The van der Waals surface area contributed by atoms with E-state index in [-0.39, 0.29) is 13.0 Å². The van der Waals surface area contributed by atoms with Gasteiger partial charge in [-0.3, -0.25) is 0 Å². The van der Waals surface area contributed by atoms with Crippen LogP contribution in [0.2, 0.25) is 10.0 Å². The number of furan rings is 1. The van der Waals surface area contributed by atoms with Crippen LogP contribution in [0.5, 0.6) is 0 Å². The standard InChI is InChI=1S/C25H18Cl2FNO5/c26-18-9-16(10-19(27)12-18)15-3-6-23-17(8-15)11-21(34-23)13-33-25(32)29-22(24(30)31)7-14-1-4-20(28)5-2-14/h1-6,8-12,22H,7,13H2,(H,29,32)(H,30,31). The zero-order valence-electron chi connectivity index (χ0n) is 17.6. The maximum atomic E-state index is 13.0. The molecule has 0 saturated carbocycles. The van der Waals surface area contributed by atoms with E-state index in [1.54, 1.807) is 30.3 Å². The number of alkyl carbamates (subject to hydrolysis) is 1. The minimum atomic E-state index is -1.24. The Labute approximate surface area is 203 Å². The highest BCUT2D eigenvalue weighted by molar-refractivity contribution is 6.35. The summed E-state index contributed by atoms with van der Waals surface area (Å²) >= 11 is 12.2. The predicted molar refractivity (Wildman–Crippen MR) is 127 cm³/mol. The van der Waals surface area contributed by atoms with Crippen molar-refractivity contribution in [3.63, 3.8) is 0 Å². The van der Waals surface area contributed by atoms with Crippen molar-refractivity contribution < 1.29 is 28.2 Å². The molecule has 9 heteroatoms. The fourth-order valence-electron chi connectivity index (χ4n) is 3.45. The number of aliphatic carboxylic acids is 1. The predicted octanol–water partition coefficient (Wildman–Crippen LogP) is 6.47. The highest BCUT2D eigenvalue weighted by Gasteiger charge is 2.21. The number of carbonyl (C=O) groups excluding carboxylic acids is 1. The SMILES string of the molecule is O=C(NC(Cc1ccc(F)cc1)C(=O)O)OCc1cc2cc(-c3cc(Cl)cc(Cl)c3)ccc2o1. The Kier molecular flexibility index (Phi) is 7.05. The number of ether oxygens (including phenoxy) is 1. The monoisotopic (exact) mass is 501 g/mol. The number of hydrogen-bond donors (Lipinski definition) is 2. The molecule has 3 aromatic carbocycles. The normalized spacial score (nSPS) is 11.9. The zero-order valence-corrected chi connectivity index (χ0v) is 19.1. The molecule has 6 nitrogen and oxygen atoms in total. The minimum Gasteiger partial charge on any atom is -0.480 e. The summed E-state index contributed by atoms with van der Waals surface area (Å²) in [6, 6.07) is 16.6. The van der Waals surface area contributed by atoms with E-state index in [4.69, 9.17) is 32.4 Å². The second-order valence-electron chi connectivity index (χ2n) is 7.57. The summed E-state index contributed by atoms with van der Waals surface area (Å²) in [5, 5.41) is 13.5. The van der Waals surface area contributed by atoms with Crippen molar-refractivity contribution in [2.75, 3.05) is 0 Å². The van der Waals surface area contributed by atoms with Gasteiger partial charge in [0, 0.05) is 21.9 Å². The second kappa shape index (κ2) is 10.2. The average molecular weight is 502 g/mol. The molecule has 4 aromatic rings. The molecule has 1 unspecified atom stereocenters. The molecule has 0 aliphatic rings. The molecule has 0 aliphatic carbocycles. The van der Waals surface area contributed by atoms with E-state index in [0.717, 1.165) is 16.5 Å². The zero-order chi connectivity index (χ0) is 24.2. The third kappa shape index (κ3) is 5.87. The van der Waals surface area contributed by atoms with Crippen LogP contribution < -0.4 is 5.32 Å². The van der Waals surface area contributed by atoms with Crippen LogP contribution in [0.15, 0.2) is 71.1 Å². The molecule has 1 heterocycles. The molecule has 174 valence electrons. The molecule has 0 saturated heterocycles. The molecule has 0 spiro atoms. The first-order valence-corrected chi connectivity index (χ1v) is 10.9. The lowest BCUT2D eigenvalue weighted by Gasteiger charge is -2.14. The number of carbonyl (C=O) groups is 2. The van der Waals surface area contributed by atoms with Crippen molar-refractivity contribution in [3.8, 4) is 11.1 Å². The molecule has 2 N–H and O–H groups in total. The lowest BCUT2D eigenvalue weighted by atomic mass is 10.0. The Morgan fingerprint density at radius 3 is 2.35 bits per heavy atom. The molecule has 34 heavy (non-hydrogen) atoms. The average Bonchev–Trinajstić information content (AvgIpc) is 3.20. The number of benzene rings is 3. The minimum absolute atomic E-state index is 0.0222. The molecular formula is C25H18Cl2FNO5. The van der Waals surface area contributed by atoms with E-state index in [0.29, 0.717) is 27.0 Å². The number of amides is 1. The van der Waals surface area contributed by atoms with Crippen molar-refractivity contribution in [3.05, 3.63) is 93.9 Å².